The van der Waals surface area contributed by atoms with Crippen LogP contribution >= 0.6 is 0 Å². The van der Waals surface area contributed by atoms with Crippen LogP contribution in [0, 0.1) is 11.8 Å². The molecule has 16 heavy (non-hydrogen) atoms. The van der Waals surface area contributed by atoms with E-state index >= 15 is 0 Å². The molecule has 92 valence electrons. The minimum Gasteiger partial charge on any atom is -0.480 e. The Balaban J connectivity index is 1.89. The molecule has 0 saturated heterocycles. The van der Waals surface area contributed by atoms with Crippen LogP contribution in [0.3, 0.4) is 0 Å². The molecule has 0 bridgehead atoms. The number of carbonyl (C=O) groups is 1. The summed E-state index contributed by atoms with van der Waals surface area (Å²) in [4.78, 5) is 13.1. The Hall–Kier alpha value is -0.570. The predicted octanol–water partition coefficient (Wildman–Crippen LogP) is 2.36. The van der Waals surface area contributed by atoms with E-state index in [0.29, 0.717) is 6.04 Å². The van der Waals surface area contributed by atoms with Gasteiger partial charge in [-0.05, 0) is 44.4 Å². The zero-order valence-electron chi connectivity index (χ0n) is 10.2. The number of carboxylic acid groups (broad SMARTS) is 1. The molecule has 2 rings (SSSR count). The maximum Gasteiger partial charge on any atom is 0.317 e. The third-order valence-electron chi connectivity index (χ3n) is 4.19. The average molecular weight is 225 g/mol. The Morgan fingerprint density at radius 1 is 1.31 bits per heavy atom. The normalized spacial score (nSPS) is 23.9. The van der Waals surface area contributed by atoms with Crippen LogP contribution in [0.4, 0.5) is 0 Å². The highest BCUT2D eigenvalue weighted by Gasteiger charge is 2.31. The summed E-state index contributed by atoms with van der Waals surface area (Å²) < 4.78 is 0. The molecular formula is C13H23NO2. The van der Waals surface area contributed by atoms with E-state index in [9.17, 15) is 4.79 Å². The number of carboxylic acids is 1. The van der Waals surface area contributed by atoms with Crippen molar-refractivity contribution in [2.45, 2.75) is 51.5 Å². The summed E-state index contributed by atoms with van der Waals surface area (Å²) in [5.41, 5.74) is 0. The van der Waals surface area contributed by atoms with E-state index in [1.54, 1.807) is 0 Å². The molecule has 2 fully saturated rings. The molecule has 0 radical (unpaired) electrons. The standard InChI is InChI=1S/C13H23NO2/c1-10(12-4-2-3-5-12)14(9-13(15)16)8-11-6-7-11/h10-12H,2-9H2,1H3,(H,15,16). The van der Waals surface area contributed by atoms with Gasteiger partial charge in [0.25, 0.3) is 0 Å². The minimum atomic E-state index is -0.675. The van der Waals surface area contributed by atoms with E-state index < -0.39 is 5.97 Å². The van der Waals surface area contributed by atoms with Crippen molar-refractivity contribution in [2.24, 2.45) is 11.8 Å². The number of nitrogens with zero attached hydrogens (tertiary/aromatic N) is 1. The van der Waals surface area contributed by atoms with Gasteiger partial charge in [-0.2, -0.15) is 0 Å². The Bertz CT molecular complexity index is 244. The third kappa shape index (κ3) is 3.21. The highest BCUT2D eigenvalue weighted by molar-refractivity contribution is 5.69. The third-order valence-corrected chi connectivity index (χ3v) is 4.19. The monoisotopic (exact) mass is 225 g/mol. The van der Waals surface area contributed by atoms with Gasteiger partial charge in [0.2, 0.25) is 0 Å². The van der Waals surface area contributed by atoms with Gasteiger partial charge in [-0.1, -0.05) is 12.8 Å². The Labute approximate surface area is 97.8 Å². The van der Waals surface area contributed by atoms with Crippen molar-refractivity contribution < 1.29 is 9.90 Å². The molecule has 1 unspecified atom stereocenters. The second-order valence-electron chi connectivity index (χ2n) is 5.55. The highest BCUT2D eigenvalue weighted by Crippen LogP contribution is 2.34. The van der Waals surface area contributed by atoms with Crippen molar-refractivity contribution in [3.8, 4) is 0 Å². The lowest BCUT2D eigenvalue weighted by Crippen LogP contribution is -2.42. The van der Waals surface area contributed by atoms with Crippen molar-refractivity contribution in [1.29, 1.82) is 0 Å². The average Bonchev–Trinajstić information content (AvgIpc) is 2.88. The molecule has 3 heteroatoms. The van der Waals surface area contributed by atoms with Crippen LogP contribution in [0.5, 0.6) is 0 Å². The van der Waals surface area contributed by atoms with Crippen LogP contribution in [0.2, 0.25) is 0 Å². The molecule has 0 aromatic rings. The molecule has 0 spiro atoms. The fraction of sp³-hybridized carbons (Fsp3) is 0.923. The Morgan fingerprint density at radius 3 is 2.44 bits per heavy atom. The fourth-order valence-electron chi connectivity index (χ4n) is 2.92. The lowest BCUT2D eigenvalue weighted by molar-refractivity contribution is -0.139. The van der Waals surface area contributed by atoms with Gasteiger partial charge in [0.05, 0.1) is 6.54 Å². The van der Waals surface area contributed by atoms with Gasteiger partial charge in [0.1, 0.15) is 0 Å². The molecule has 3 nitrogen and oxygen atoms in total. The molecule has 0 aromatic heterocycles. The smallest absolute Gasteiger partial charge is 0.317 e. The molecule has 0 aliphatic heterocycles. The molecule has 1 N–H and O–H groups in total. The van der Waals surface area contributed by atoms with Gasteiger partial charge in [-0.3, -0.25) is 9.69 Å². The van der Waals surface area contributed by atoms with Gasteiger partial charge >= 0.3 is 5.97 Å². The van der Waals surface area contributed by atoms with Crippen molar-refractivity contribution >= 4 is 5.97 Å². The van der Waals surface area contributed by atoms with Gasteiger partial charge in [-0.15, -0.1) is 0 Å². The quantitative estimate of drug-likeness (QED) is 0.754. The van der Waals surface area contributed by atoms with E-state index in [1.807, 2.05) is 0 Å². The van der Waals surface area contributed by atoms with Gasteiger partial charge in [0.15, 0.2) is 0 Å². The molecule has 0 heterocycles. The molecule has 2 saturated carbocycles. The maximum atomic E-state index is 10.9. The highest BCUT2D eigenvalue weighted by atomic mass is 16.4. The zero-order valence-corrected chi connectivity index (χ0v) is 10.2. The van der Waals surface area contributed by atoms with E-state index in [-0.39, 0.29) is 6.54 Å². The van der Waals surface area contributed by atoms with Crippen LogP contribution in [0.15, 0.2) is 0 Å². The van der Waals surface area contributed by atoms with Crippen molar-refractivity contribution in [3.63, 3.8) is 0 Å². The first kappa shape index (κ1) is 11.9. The summed E-state index contributed by atoms with van der Waals surface area (Å²) in [5.74, 6) is 0.840. The van der Waals surface area contributed by atoms with Gasteiger partial charge in [0, 0.05) is 12.6 Å². The Morgan fingerprint density at radius 2 is 1.94 bits per heavy atom. The molecule has 1 atom stereocenters. The first-order valence-electron chi connectivity index (χ1n) is 6.62. The van der Waals surface area contributed by atoms with Crippen LogP contribution in [0.25, 0.3) is 0 Å². The summed E-state index contributed by atoms with van der Waals surface area (Å²) >= 11 is 0. The van der Waals surface area contributed by atoms with E-state index in [1.165, 1.54) is 38.5 Å². The zero-order chi connectivity index (χ0) is 11.5. The van der Waals surface area contributed by atoms with Crippen molar-refractivity contribution in [1.82, 2.24) is 4.90 Å². The summed E-state index contributed by atoms with van der Waals surface area (Å²) in [6.07, 6.45) is 7.85. The molecule has 2 aliphatic rings. The van der Waals surface area contributed by atoms with E-state index in [0.717, 1.165) is 18.4 Å². The SMILES string of the molecule is CC(C1CCCC1)N(CC(=O)O)CC1CC1. The molecular weight excluding hydrogens is 202 g/mol. The van der Waals surface area contributed by atoms with E-state index in [2.05, 4.69) is 11.8 Å². The topological polar surface area (TPSA) is 40.5 Å². The first-order valence-corrected chi connectivity index (χ1v) is 6.62. The molecule has 0 amide bonds. The second kappa shape index (κ2) is 5.17. The van der Waals surface area contributed by atoms with Crippen molar-refractivity contribution in [2.75, 3.05) is 13.1 Å². The van der Waals surface area contributed by atoms with Gasteiger partial charge < -0.3 is 5.11 Å². The van der Waals surface area contributed by atoms with E-state index in [4.69, 9.17) is 5.11 Å². The first-order chi connectivity index (χ1) is 7.66. The second-order valence-corrected chi connectivity index (χ2v) is 5.55. The summed E-state index contributed by atoms with van der Waals surface area (Å²) in [5, 5.41) is 8.97. The van der Waals surface area contributed by atoms with Crippen LogP contribution < -0.4 is 0 Å². The largest absolute Gasteiger partial charge is 0.480 e. The minimum absolute atomic E-state index is 0.230. The number of aliphatic carboxylic acids is 1. The van der Waals surface area contributed by atoms with Crippen LogP contribution in [-0.4, -0.2) is 35.1 Å². The van der Waals surface area contributed by atoms with Crippen molar-refractivity contribution in [3.05, 3.63) is 0 Å². The van der Waals surface area contributed by atoms with Crippen LogP contribution in [0.1, 0.15) is 45.4 Å². The lowest BCUT2D eigenvalue weighted by Gasteiger charge is -2.31. The van der Waals surface area contributed by atoms with Gasteiger partial charge in [-0.25, -0.2) is 0 Å². The number of rotatable bonds is 6. The summed E-state index contributed by atoms with van der Waals surface area (Å²) in [6, 6.07) is 0.458. The lowest BCUT2D eigenvalue weighted by atomic mass is 9.98. The number of hydrogen-bond acceptors (Lipinski definition) is 2. The predicted molar refractivity (Wildman–Crippen MR) is 63.4 cm³/mol. The fourth-order valence-corrected chi connectivity index (χ4v) is 2.92. The maximum absolute atomic E-state index is 10.9. The molecule has 0 aromatic carbocycles. The molecule has 2 aliphatic carbocycles. The van der Waals surface area contributed by atoms with Crippen LogP contribution in [-0.2, 0) is 4.79 Å². The summed E-state index contributed by atoms with van der Waals surface area (Å²) in [6.45, 7) is 3.46. The number of hydrogen-bond donors (Lipinski definition) is 1. The Kier molecular flexibility index (Phi) is 3.85. The summed E-state index contributed by atoms with van der Waals surface area (Å²) in [7, 11) is 0.